The van der Waals surface area contributed by atoms with Crippen molar-refractivity contribution in [3.63, 3.8) is 0 Å². The number of sulfonamides is 1. The van der Waals surface area contributed by atoms with Crippen LogP contribution in [0.1, 0.15) is 39.5 Å². The monoisotopic (exact) mass is 318 g/mol. The third kappa shape index (κ3) is 10.4. The topological polar surface area (TPSA) is 49.4 Å². The lowest BCUT2D eigenvalue weighted by atomic mass is 10.1. The maximum atomic E-state index is 12.0. The molecule has 122 valence electrons. The quantitative estimate of drug-likeness (QED) is 0.629. The lowest BCUT2D eigenvalue weighted by molar-refractivity contribution is -0.135. The molecule has 1 atom stereocenters. The van der Waals surface area contributed by atoms with Gasteiger partial charge in [-0.05, 0) is 32.7 Å². The van der Waals surface area contributed by atoms with Crippen molar-refractivity contribution in [2.24, 2.45) is 0 Å². The first-order valence-electron chi connectivity index (χ1n) is 6.81. The summed E-state index contributed by atoms with van der Waals surface area (Å²) in [7, 11) is -3.17. The van der Waals surface area contributed by atoms with Crippen LogP contribution in [0, 0.1) is 0 Å². The minimum absolute atomic E-state index is 0.00524. The fraction of sp³-hybridized carbons (Fsp3) is 1.00. The molecule has 8 heteroatoms. The van der Waals surface area contributed by atoms with Gasteiger partial charge < -0.3 is 5.32 Å². The predicted molar refractivity (Wildman–Crippen MR) is 74.1 cm³/mol. The summed E-state index contributed by atoms with van der Waals surface area (Å²) in [5, 5.41) is 3.11. The van der Waals surface area contributed by atoms with Gasteiger partial charge in [-0.15, -0.1) is 0 Å². The number of halogens is 3. The standard InChI is InChI=1S/C12H25F3N2O2S/c1-4-17(20(3,18)19)10-6-9-16-11(2)7-5-8-12(13,14)15/h11,16H,4-10H2,1-3H3. The molecule has 0 aromatic heterocycles. The number of nitrogens with zero attached hydrogens (tertiary/aromatic N) is 1. The van der Waals surface area contributed by atoms with Gasteiger partial charge in [0.1, 0.15) is 0 Å². The van der Waals surface area contributed by atoms with E-state index in [2.05, 4.69) is 5.32 Å². The zero-order valence-corrected chi connectivity index (χ0v) is 13.1. The average Bonchev–Trinajstić information content (AvgIpc) is 2.25. The Kier molecular flexibility index (Phi) is 8.69. The van der Waals surface area contributed by atoms with E-state index in [1.165, 1.54) is 10.6 Å². The van der Waals surface area contributed by atoms with E-state index >= 15 is 0 Å². The Bertz CT molecular complexity index is 358. The summed E-state index contributed by atoms with van der Waals surface area (Å²) in [6.45, 7) is 5.07. The van der Waals surface area contributed by atoms with Gasteiger partial charge in [-0.25, -0.2) is 12.7 Å². The summed E-state index contributed by atoms with van der Waals surface area (Å²) in [6, 6.07) is 0.00524. The Balaban J connectivity index is 3.74. The van der Waals surface area contributed by atoms with E-state index in [-0.39, 0.29) is 12.5 Å². The van der Waals surface area contributed by atoms with E-state index < -0.39 is 22.6 Å². The summed E-state index contributed by atoms with van der Waals surface area (Å²) in [5.41, 5.74) is 0. The fourth-order valence-corrected chi connectivity index (χ4v) is 2.80. The van der Waals surface area contributed by atoms with Crippen LogP contribution < -0.4 is 5.32 Å². The second-order valence-corrected chi connectivity index (χ2v) is 6.95. The summed E-state index contributed by atoms with van der Waals surface area (Å²) in [5.74, 6) is 0. The van der Waals surface area contributed by atoms with Crippen LogP contribution in [0.25, 0.3) is 0 Å². The highest BCUT2D eigenvalue weighted by atomic mass is 32.2. The molecule has 0 aliphatic heterocycles. The number of rotatable bonds is 10. The van der Waals surface area contributed by atoms with Gasteiger partial charge in [0.25, 0.3) is 0 Å². The molecule has 0 spiro atoms. The van der Waals surface area contributed by atoms with Crippen LogP contribution in [0.3, 0.4) is 0 Å². The minimum atomic E-state index is -4.09. The van der Waals surface area contributed by atoms with Crippen LogP contribution in [0.5, 0.6) is 0 Å². The van der Waals surface area contributed by atoms with Crippen molar-refractivity contribution in [1.29, 1.82) is 0 Å². The number of hydrogen-bond acceptors (Lipinski definition) is 3. The second kappa shape index (κ2) is 8.84. The molecule has 0 rings (SSSR count). The summed E-state index contributed by atoms with van der Waals surface area (Å²) < 4.78 is 59.9. The van der Waals surface area contributed by atoms with Crippen LogP contribution in [0.15, 0.2) is 0 Å². The van der Waals surface area contributed by atoms with Crippen LogP contribution in [-0.2, 0) is 10.0 Å². The second-order valence-electron chi connectivity index (χ2n) is 4.97. The normalized spacial score (nSPS) is 14.8. The van der Waals surface area contributed by atoms with Gasteiger partial charge in [-0.1, -0.05) is 6.92 Å². The van der Waals surface area contributed by atoms with Gasteiger partial charge in [0.2, 0.25) is 10.0 Å². The van der Waals surface area contributed by atoms with Gasteiger partial charge in [0.15, 0.2) is 0 Å². The molecule has 0 bridgehead atoms. The molecule has 0 amide bonds. The Morgan fingerprint density at radius 1 is 1.25 bits per heavy atom. The average molecular weight is 318 g/mol. The lowest BCUT2D eigenvalue weighted by Gasteiger charge is -2.19. The molecule has 0 saturated carbocycles. The summed E-state index contributed by atoms with van der Waals surface area (Å²) >= 11 is 0. The molecule has 0 saturated heterocycles. The Morgan fingerprint density at radius 2 is 1.85 bits per heavy atom. The van der Waals surface area contributed by atoms with Crippen molar-refractivity contribution in [2.45, 2.75) is 51.7 Å². The van der Waals surface area contributed by atoms with Crippen LogP contribution >= 0.6 is 0 Å². The Morgan fingerprint density at radius 3 is 2.30 bits per heavy atom. The summed E-state index contributed by atoms with van der Waals surface area (Å²) in [4.78, 5) is 0. The SMILES string of the molecule is CCN(CCCNC(C)CCCC(F)(F)F)S(C)(=O)=O. The first kappa shape index (κ1) is 19.7. The number of alkyl halides is 3. The zero-order chi connectivity index (χ0) is 15.8. The molecule has 0 heterocycles. The van der Waals surface area contributed by atoms with E-state index in [9.17, 15) is 21.6 Å². The van der Waals surface area contributed by atoms with Crippen molar-refractivity contribution in [2.75, 3.05) is 25.9 Å². The lowest BCUT2D eigenvalue weighted by Crippen LogP contribution is -2.34. The molecule has 0 aromatic rings. The highest BCUT2D eigenvalue weighted by Gasteiger charge is 2.26. The maximum Gasteiger partial charge on any atom is 0.389 e. The van der Waals surface area contributed by atoms with Crippen molar-refractivity contribution in [1.82, 2.24) is 9.62 Å². The Hall–Kier alpha value is -0.340. The zero-order valence-electron chi connectivity index (χ0n) is 12.3. The highest BCUT2D eigenvalue weighted by Crippen LogP contribution is 2.22. The van der Waals surface area contributed by atoms with Crippen LogP contribution in [0.2, 0.25) is 0 Å². The molecule has 0 aliphatic carbocycles. The molecule has 0 aromatic carbocycles. The molecular weight excluding hydrogens is 293 g/mol. The Labute approximate surface area is 119 Å². The smallest absolute Gasteiger partial charge is 0.314 e. The molecule has 1 N–H and O–H groups in total. The van der Waals surface area contributed by atoms with E-state index in [0.717, 1.165) is 0 Å². The predicted octanol–water partition coefficient (Wildman–Crippen LogP) is 2.37. The van der Waals surface area contributed by atoms with Crippen LogP contribution in [0.4, 0.5) is 13.2 Å². The van der Waals surface area contributed by atoms with Crippen molar-refractivity contribution >= 4 is 10.0 Å². The van der Waals surface area contributed by atoms with Gasteiger partial charge in [-0.2, -0.15) is 13.2 Å². The van der Waals surface area contributed by atoms with Gasteiger partial charge in [0.05, 0.1) is 6.26 Å². The highest BCUT2D eigenvalue weighted by molar-refractivity contribution is 7.88. The largest absolute Gasteiger partial charge is 0.389 e. The van der Waals surface area contributed by atoms with E-state index in [4.69, 9.17) is 0 Å². The molecule has 0 radical (unpaired) electrons. The number of hydrogen-bond donors (Lipinski definition) is 1. The van der Waals surface area contributed by atoms with Crippen molar-refractivity contribution < 1.29 is 21.6 Å². The minimum Gasteiger partial charge on any atom is -0.314 e. The third-order valence-electron chi connectivity index (χ3n) is 3.00. The van der Waals surface area contributed by atoms with E-state index in [1.807, 2.05) is 6.92 Å². The first-order chi connectivity index (χ1) is 9.06. The molecule has 20 heavy (non-hydrogen) atoms. The van der Waals surface area contributed by atoms with Crippen LogP contribution in [-0.4, -0.2) is 50.8 Å². The third-order valence-corrected chi connectivity index (χ3v) is 4.38. The van der Waals surface area contributed by atoms with Gasteiger partial charge in [0, 0.05) is 25.6 Å². The van der Waals surface area contributed by atoms with E-state index in [0.29, 0.717) is 32.5 Å². The van der Waals surface area contributed by atoms with Crippen molar-refractivity contribution in [3.8, 4) is 0 Å². The van der Waals surface area contributed by atoms with Gasteiger partial charge in [-0.3, -0.25) is 0 Å². The first-order valence-corrected chi connectivity index (χ1v) is 8.66. The van der Waals surface area contributed by atoms with E-state index in [1.54, 1.807) is 6.92 Å². The summed E-state index contributed by atoms with van der Waals surface area (Å²) in [6.07, 6.45) is -2.45. The number of nitrogens with one attached hydrogen (secondary N) is 1. The van der Waals surface area contributed by atoms with Gasteiger partial charge >= 0.3 is 6.18 Å². The molecular formula is C12H25F3N2O2S. The maximum absolute atomic E-state index is 12.0. The molecule has 0 aliphatic rings. The molecule has 1 unspecified atom stereocenters. The fourth-order valence-electron chi connectivity index (χ4n) is 1.87. The molecule has 0 fully saturated rings. The molecule has 4 nitrogen and oxygen atoms in total. The van der Waals surface area contributed by atoms with Crippen molar-refractivity contribution in [3.05, 3.63) is 0 Å².